The van der Waals surface area contributed by atoms with Crippen molar-refractivity contribution in [2.24, 2.45) is 11.8 Å². The van der Waals surface area contributed by atoms with E-state index in [-0.39, 0.29) is 5.91 Å². The Morgan fingerprint density at radius 3 is 2.52 bits per heavy atom. The molecule has 2 aliphatic heterocycles. The number of benzene rings is 1. The van der Waals surface area contributed by atoms with Gasteiger partial charge in [-0.3, -0.25) is 4.79 Å². The second-order valence-corrected chi connectivity index (χ2v) is 10.3. The molecule has 1 amide bonds. The van der Waals surface area contributed by atoms with Crippen molar-refractivity contribution in [1.82, 2.24) is 10.2 Å². The maximum atomic E-state index is 13.0. The maximum absolute atomic E-state index is 13.0. The fraction of sp³-hybridized carbons (Fsp3) is 0.741. The van der Waals surface area contributed by atoms with Crippen LogP contribution in [0.5, 0.6) is 0 Å². The Bertz CT molecular complexity index is 682. The number of rotatable bonds is 8. The number of hydrogen-bond donors (Lipinski definition) is 1. The van der Waals surface area contributed by atoms with E-state index in [4.69, 9.17) is 0 Å². The molecule has 4 nitrogen and oxygen atoms in total. The van der Waals surface area contributed by atoms with Crippen molar-refractivity contribution in [3.05, 3.63) is 29.8 Å². The van der Waals surface area contributed by atoms with Gasteiger partial charge in [-0.05, 0) is 87.6 Å². The lowest BCUT2D eigenvalue weighted by Gasteiger charge is -2.39. The molecular formula is C27H43N3O. The van der Waals surface area contributed by atoms with Gasteiger partial charge in [-0.15, -0.1) is 0 Å². The zero-order chi connectivity index (χ0) is 21.5. The maximum Gasteiger partial charge on any atom is 0.251 e. The van der Waals surface area contributed by atoms with Crippen LogP contribution in [0.15, 0.2) is 24.3 Å². The van der Waals surface area contributed by atoms with Crippen LogP contribution >= 0.6 is 0 Å². The summed E-state index contributed by atoms with van der Waals surface area (Å²) in [7, 11) is 0. The minimum atomic E-state index is 0.115. The topological polar surface area (TPSA) is 35.6 Å². The molecule has 1 saturated carbocycles. The average Bonchev–Trinajstić information content (AvgIpc) is 3.34. The number of carbonyl (C=O) groups excluding carboxylic acids is 1. The van der Waals surface area contributed by atoms with Gasteiger partial charge in [0, 0.05) is 43.5 Å². The number of carbonyl (C=O) groups is 1. The van der Waals surface area contributed by atoms with E-state index < -0.39 is 0 Å². The van der Waals surface area contributed by atoms with Gasteiger partial charge in [0.05, 0.1) is 0 Å². The molecule has 3 aliphatic rings. The summed E-state index contributed by atoms with van der Waals surface area (Å²) in [4.78, 5) is 18.1. The van der Waals surface area contributed by atoms with Gasteiger partial charge in [-0.1, -0.05) is 32.6 Å². The van der Waals surface area contributed by atoms with Crippen molar-refractivity contribution in [2.75, 3.05) is 37.6 Å². The van der Waals surface area contributed by atoms with Crippen LogP contribution in [0.1, 0.15) is 87.9 Å². The van der Waals surface area contributed by atoms with Crippen LogP contribution in [0, 0.1) is 11.8 Å². The Hall–Kier alpha value is -1.55. The summed E-state index contributed by atoms with van der Waals surface area (Å²) >= 11 is 0. The van der Waals surface area contributed by atoms with Gasteiger partial charge in [0.25, 0.3) is 5.91 Å². The number of anilines is 1. The normalized spacial score (nSPS) is 27.4. The average molecular weight is 426 g/mol. The van der Waals surface area contributed by atoms with E-state index in [1.807, 2.05) is 12.1 Å². The summed E-state index contributed by atoms with van der Waals surface area (Å²) < 4.78 is 0. The predicted octanol–water partition coefficient (Wildman–Crippen LogP) is 5.48. The third-order valence-electron chi connectivity index (χ3n) is 7.89. The first-order valence-corrected chi connectivity index (χ1v) is 13.1. The molecule has 4 rings (SSSR count). The highest BCUT2D eigenvalue weighted by Gasteiger charge is 2.30. The molecule has 3 atom stereocenters. The van der Waals surface area contributed by atoms with Crippen LogP contribution in [0.2, 0.25) is 0 Å². The third kappa shape index (κ3) is 6.25. The van der Waals surface area contributed by atoms with Crippen molar-refractivity contribution >= 4 is 11.6 Å². The molecular weight excluding hydrogens is 382 g/mol. The van der Waals surface area contributed by atoms with Crippen molar-refractivity contribution in [1.29, 1.82) is 0 Å². The molecule has 1 aromatic carbocycles. The monoisotopic (exact) mass is 425 g/mol. The van der Waals surface area contributed by atoms with Crippen molar-refractivity contribution in [3.63, 3.8) is 0 Å². The second-order valence-electron chi connectivity index (χ2n) is 10.3. The highest BCUT2D eigenvalue weighted by Crippen LogP contribution is 2.29. The molecule has 4 heteroatoms. The van der Waals surface area contributed by atoms with Gasteiger partial charge < -0.3 is 15.1 Å². The van der Waals surface area contributed by atoms with Crippen LogP contribution in [-0.4, -0.2) is 49.6 Å². The number of nitrogens with one attached hydrogen (secondary N) is 1. The van der Waals surface area contributed by atoms with Crippen LogP contribution < -0.4 is 10.2 Å². The van der Waals surface area contributed by atoms with E-state index >= 15 is 0 Å². The van der Waals surface area contributed by atoms with Crippen LogP contribution in [0.4, 0.5) is 5.69 Å². The number of nitrogens with zero attached hydrogens (tertiary/aromatic N) is 2. The SMILES string of the molecule is CCCCC1CCCN(CC2CCCCC2NC(=O)c2ccc(N3CCCC3)cc2)C1. The van der Waals surface area contributed by atoms with E-state index in [9.17, 15) is 4.79 Å². The van der Waals surface area contributed by atoms with E-state index in [1.54, 1.807) is 0 Å². The Morgan fingerprint density at radius 2 is 1.74 bits per heavy atom. The van der Waals surface area contributed by atoms with Gasteiger partial charge in [-0.25, -0.2) is 0 Å². The molecule has 0 spiro atoms. The van der Waals surface area contributed by atoms with E-state index in [0.29, 0.717) is 12.0 Å². The summed E-state index contributed by atoms with van der Waals surface area (Å²) in [6.45, 7) is 8.28. The molecule has 2 heterocycles. The molecule has 0 aromatic heterocycles. The zero-order valence-corrected chi connectivity index (χ0v) is 19.7. The number of unbranched alkanes of at least 4 members (excludes halogenated alkanes) is 1. The lowest BCUT2D eigenvalue weighted by atomic mass is 9.83. The Kier molecular flexibility index (Phi) is 8.29. The first-order valence-electron chi connectivity index (χ1n) is 13.1. The zero-order valence-electron chi connectivity index (χ0n) is 19.7. The molecule has 0 radical (unpaired) electrons. The minimum absolute atomic E-state index is 0.115. The van der Waals surface area contributed by atoms with Gasteiger partial charge in [0.2, 0.25) is 0 Å². The van der Waals surface area contributed by atoms with E-state index in [0.717, 1.165) is 31.0 Å². The summed E-state index contributed by atoms with van der Waals surface area (Å²) in [6.07, 6.45) is 14.3. The lowest BCUT2D eigenvalue weighted by molar-refractivity contribution is 0.0853. The first kappa shape index (κ1) is 22.6. The van der Waals surface area contributed by atoms with E-state index in [1.165, 1.54) is 89.5 Å². The van der Waals surface area contributed by atoms with Gasteiger partial charge in [0.1, 0.15) is 0 Å². The van der Waals surface area contributed by atoms with Gasteiger partial charge >= 0.3 is 0 Å². The van der Waals surface area contributed by atoms with Crippen molar-refractivity contribution in [2.45, 2.75) is 83.6 Å². The molecule has 1 N–H and O–H groups in total. The molecule has 0 bridgehead atoms. The quantitative estimate of drug-likeness (QED) is 0.599. The Balaban J connectivity index is 1.31. The predicted molar refractivity (Wildman–Crippen MR) is 130 cm³/mol. The summed E-state index contributed by atoms with van der Waals surface area (Å²) in [6, 6.07) is 8.62. The standard InChI is InChI=1S/C27H43N3O/c1-2-3-9-22-10-8-17-29(20-22)21-24-11-4-5-12-26(24)28-27(31)23-13-15-25(16-14-23)30-18-6-7-19-30/h13-16,22,24,26H,2-12,17-21H2,1H3,(H,28,31). The van der Waals surface area contributed by atoms with Crippen LogP contribution in [-0.2, 0) is 0 Å². The van der Waals surface area contributed by atoms with Gasteiger partial charge in [0.15, 0.2) is 0 Å². The number of likely N-dealkylation sites (tertiary alicyclic amines) is 1. The molecule has 1 aliphatic carbocycles. The number of piperidine rings is 1. The van der Waals surface area contributed by atoms with Crippen LogP contribution in [0.3, 0.4) is 0 Å². The lowest BCUT2D eigenvalue weighted by Crippen LogP contribution is -2.48. The summed E-state index contributed by atoms with van der Waals surface area (Å²) in [5.74, 6) is 1.61. The molecule has 31 heavy (non-hydrogen) atoms. The first-order chi connectivity index (χ1) is 15.2. The molecule has 172 valence electrons. The third-order valence-corrected chi connectivity index (χ3v) is 7.89. The van der Waals surface area contributed by atoms with Crippen molar-refractivity contribution in [3.8, 4) is 0 Å². The smallest absolute Gasteiger partial charge is 0.251 e. The van der Waals surface area contributed by atoms with Gasteiger partial charge in [-0.2, -0.15) is 0 Å². The van der Waals surface area contributed by atoms with Crippen LogP contribution in [0.25, 0.3) is 0 Å². The van der Waals surface area contributed by atoms with Crippen molar-refractivity contribution < 1.29 is 4.79 Å². The largest absolute Gasteiger partial charge is 0.372 e. The van der Waals surface area contributed by atoms with E-state index in [2.05, 4.69) is 34.2 Å². The minimum Gasteiger partial charge on any atom is -0.372 e. The Labute approximate surface area is 189 Å². The fourth-order valence-corrected chi connectivity index (χ4v) is 6.04. The molecule has 2 saturated heterocycles. The highest BCUT2D eigenvalue weighted by molar-refractivity contribution is 5.94. The summed E-state index contributed by atoms with van der Waals surface area (Å²) in [5.41, 5.74) is 2.07. The second kappa shape index (κ2) is 11.4. The number of amides is 1. The summed E-state index contributed by atoms with van der Waals surface area (Å²) in [5, 5.41) is 3.43. The number of hydrogen-bond acceptors (Lipinski definition) is 3. The molecule has 3 unspecified atom stereocenters. The molecule has 1 aromatic rings. The fourth-order valence-electron chi connectivity index (χ4n) is 6.04. The highest BCUT2D eigenvalue weighted by atomic mass is 16.1. The molecule has 3 fully saturated rings. The Morgan fingerprint density at radius 1 is 0.968 bits per heavy atom.